The van der Waals surface area contributed by atoms with Crippen molar-refractivity contribution in [1.29, 1.82) is 0 Å². The molecule has 0 aliphatic heterocycles. The first-order chi connectivity index (χ1) is 10.1. The normalized spacial score (nSPS) is 11.0. The number of hydrogen-bond acceptors (Lipinski definition) is 4. The molecule has 0 aromatic carbocycles. The van der Waals surface area contributed by atoms with Gasteiger partial charge in [0, 0.05) is 18.8 Å². The van der Waals surface area contributed by atoms with Crippen molar-refractivity contribution in [2.75, 3.05) is 6.54 Å². The number of aryl methyl sites for hydroxylation is 1. The van der Waals surface area contributed by atoms with Gasteiger partial charge < -0.3 is 15.0 Å². The van der Waals surface area contributed by atoms with Crippen LogP contribution in [0.25, 0.3) is 11.8 Å². The molecule has 0 aliphatic carbocycles. The average molecular weight is 286 g/mol. The van der Waals surface area contributed by atoms with E-state index in [2.05, 4.69) is 15.3 Å². The molecule has 0 aliphatic rings. The Morgan fingerprint density at radius 3 is 2.90 bits per heavy atom. The van der Waals surface area contributed by atoms with Crippen molar-refractivity contribution in [3.63, 3.8) is 0 Å². The zero-order valence-electron chi connectivity index (χ0n) is 12.1. The van der Waals surface area contributed by atoms with Crippen molar-refractivity contribution in [1.82, 2.24) is 19.9 Å². The lowest BCUT2D eigenvalue weighted by Gasteiger charge is -2.08. The third kappa shape index (κ3) is 3.76. The van der Waals surface area contributed by atoms with Crippen molar-refractivity contribution < 1.29 is 9.90 Å². The van der Waals surface area contributed by atoms with Gasteiger partial charge in [-0.2, -0.15) is 0 Å². The number of carbonyl (C=O) groups is 1. The lowest BCUT2D eigenvalue weighted by atomic mass is 10.2. The van der Waals surface area contributed by atoms with E-state index in [0.717, 1.165) is 11.4 Å². The number of amides is 1. The number of nitrogens with zero attached hydrogens (tertiary/aromatic N) is 3. The molecule has 0 saturated carbocycles. The minimum Gasteiger partial charge on any atom is -0.390 e. The number of nitrogens with one attached hydrogen (secondary N) is 1. The Morgan fingerprint density at radius 2 is 2.29 bits per heavy atom. The van der Waals surface area contributed by atoms with Gasteiger partial charge in [0.2, 0.25) is 5.91 Å². The van der Waals surface area contributed by atoms with E-state index in [1.807, 2.05) is 30.7 Å². The molecule has 21 heavy (non-hydrogen) atoms. The molecule has 1 amide bonds. The topological polar surface area (TPSA) is 80.0 Å². The van der Waals surface area contributed by atoms with Gasteiger partial charge in [0.25, 0.3) is 0 Å². The highest BCUT2D eigenvalue weighted by Crippen LogP contribution is 2.15. The third-order valence-electron chi connectivity index (χ3n) is 2.87. The highest BCUT2D eigenvalue weighted by atomic mass is 16.3. The maximum atomic E-state index is 11.4. The molecule has 0 bridgehead atoms. The van der Waals surface area contributed by atoms with Gasteiger partial charge in [-0.05, 0) is 32.1 Å². The highest BCUT2D eigenvalue weighted by Gasteiger charge is 2.07. The van der Waals surface area contributed by atoms with Crippen LogP contribution in [0.3, 0.4) is 0 Å². The Hall–Kier alpha value is -2.47. The minimum absolute atomic E-state index is 0.167. The summed E-state index contributed by atoms with van der Waals surface area (Å²) in [6.07, 6.45) is 6.58. The number of rotatable bonds is 5. The first-order valence-corrected chi connectivity index (χ1v) is 6.71. The molecular formula is C15H18N4O2. The molecule has 110 valence electrons. The van der Waals surface area contributed by atoms with Crippen LogP contribution in [-0.2, 0) is 11.4 Å². The Labute approximate surface area is 123 Å². The van der Waals surface area contributed by atoms with E-state index in [1.54, 1.807) is 18.5 Å². The van der Waals surface area contributed by atoms with E-state index >= 15 is 0 Å². The number of aliphatic hydroxyl groups excluding tert-OH is 1. The van der Waals surface area contributed by atoms with E-state index in [0.29, 0.717) is 17.9 Å². The first-order valence-electron chi connectivity index (χ1n) is 6.71. The minimum atomic E-state index is -0.185. The van der Waals surface area contributed by atoms with Crippen molar-refractivity contribution in [2.45, 2.75) is 20.5 Å². The molecule has 0 unspecified atom stereocenters. The predicted molar refractivity (Wildman–Crippen MR) is 79.7 cm³/mol. The van der Waals surface area contributed by atoms with Gasteiger partial charge in [-0.15, -0.1) is 0 Å². The van der Waals surface area contributed by atoms with E-state index in [-0.39, 0.29) is 12.5 Å². The van der Waals surface area contributed by atoms with Crippen LogP contribution in [0, 0.1) is 6.92 Å². The van der Waals surface area contributed by atoms with E-state index in [4.69, 9.17) is 0 Å². The number of imidazole rings is 1. The Kier molecular flexibility index (Phi) is 4.84. The fourth-order valence-corrected chi connectivity index (χ4v) is 1.90. The predicted octanol–water partition coefficient (Wildman–Crippen LogP) is 1.22. The SMILES string of the molecule is CCNC(=O)/C=C/c1ccc(-n2cnc(C)c2)c(CO)n1. The van der Waals surface area contributed by atoms with Gasteiger partial charge in [-0.3, -0.25) is 4.79 Å². The average Bonchev–Trinajstić information content (AvgIpc) is 2.91. The Morgan fingerprint density at radius 1 is 1.48 bits per heavy atom. The van der Waals surface area contributed by atoms with Gasteiger partial charge in [0.1, 0.15) is 0 Å². The second-order valence-electron chi connectivity index (χ2n) is 4.51. The van der Waals surface area contributed by atoms with E-state index < -0.39 is 0 Å². The number of pyridine rings is 1. The molecule has 0 saturated heterocycles. The maximum absolute atomic E-state index is 11.4. The summed E-state index contributed by atoms with van der Waals surface area (Å²) in [5.41, 5.74) is 2.81. The molecule has 6 nitrogen and oxygen atoms in total. The second kappa shape index (κ2) is 6.81. The van der Waals surface area contributed by atoms with E-state index in [1.165, 1.54) is 6.08 Å². The monoisotopic (exact) mass is 286 g/mol. The van der Waals surface area contributed by atoms with Crippen LogP contribution in [0.4, 0.5) is 0 Å². The first kappa shape index (κ1) is 14.9. The van der Waals surface area contributed by atoms with Crippen LogP contribution in [0.5, 0.6) is 0 Å². The standard InChI is InChI=1S/C15H18N4O2/c1-3-16-15(21)7-5-12-4-6-14(13(9-20)18-12)19-8-11(2)17-10-19/h4-8,10,20H,3,9H2,1-2H3,(H,16,21)/b7-5+. The van der Waals surface area contributed by atoms with E-state index in [9.17, 15) is 9.90 Å². The number of carbonyl (C=O) groups excluding carboxylic acids is 1. The number of aliphatic hydroxyl groups is 1. The van der Waals surface area contributed by atoms with Crippen LogP contribution in [-0.4, -0.2) is 32.1 Å². The molecule has 0 fully saturated rings. The summed E-state index contributed by atoms with van der Waals surface area (Å²) in [6, 6.07) is 3.64. The summed E-state index contributed by atoms with van der Waals surface area (Å²) >= 11 is 0. The molecule has 2 N–H and O–H groups in total. The van der Waals surface area contributed by atoms with Gasteiger partial charge in [0.05, 0.1) is 35.7 Å². The van der Waals surface area contributed by atoms with Crippen molar-refractivity contribution in [3.8, 4) is 5.69 Å². The molecule has 2 rings (SSSR count). The Bertz CT molecular complexity index is 661. The van der Waals surface area contributed by atoms with Gasteiger partial charge in [-0.25, -0.2) is 9.97 Å². The van der Waals surface area contributed by atoms with Crippen molar-refractivity contribution >= 4 is 12.0 Å². The van der Waals surface area contributed by atoms with Gasteiger partial charge in [0.15, 0.2) is 0 Å². The number of hydrogen-bond donors (Lipinski definition) is 2. The summed E-state index contributed by atoms with van der Waals surface area (Å²) < 4.78 is 1.81. The van der Waals surface area contributed by atoms with Crippen LogP contribution in [0.1, 0.15) is 24.0 Å². The zero-order chi connectivity index (χ0) is 15.2. The Balaban J connectivity index is 2.26. The smallest absolute Gasteiger partial charge is 0.244 e. The zero-order valence-corrected chi connectivity index (χ0v) is 12.1. The molecule has 6 heteroatoms. The van der Waals surface area contributed by atoms with Crippen LogP contribution < -0.4 is 5.32 Å². The molecule has 0 atom stereocenters. The molecule has 2 aromatic heterocycles. The van der Waals surface area contributed by atoms with Crippen LogP contribution in [0.2, 0.25) is 0 Å². The summed E-state index contributed by atoms with van der Waals surface area (Å²) in [5.74, 6) is -0.167. The van der Waals surface area contributed by atoms with Crippen LogP contribution >= 0.6 is 0 Å². The number of aromatic nitrogens is 3. The molecule has 2 aromatic rings. The third-order valence-corrected chi connectivity index (χ3v) is 2.87. The fraction of sp³-hybridized carbons (Fsp3) is 0.267. The molecule has 0 spiro atoms. The lowest BCUT2D eigenvalue weighted by molar-refractivity contribution is -0.116. The largest absolute Gasteiger partial charge is 0.390 e. The molecule has 2 heterocycles. The fourth-order valence-electron chi connectivity index (χ4n) is 1.90. The van der Waals surface area contributed by atoms with Gasteiger partial charge in [-0.1, -0.05) is 0 Å². The molecule has 0 radical (unpaired) electrons. The second-order valence-corrected chi connectivity index (χ2v) is 4.51. The number of likely N-dealkylation sites (N-methyl/N-ethyl adjacent to an activating group) is 1. The van der Waals surface area contributed by atoms with Crippen molar-refractivity contribution in [2.24, 2.45) is 0 Å². The van der Waals surface area contributed by atoms with Gasteiger partial charge >= 0.3 is 0 Å². The van der Waals surface area contributed by atoms with Crippen LogP contribution in [0.15, 0.2) is 30.7 Å². The summed E-state index contributed by atoms with van der Waals surface area (Å²) in [6.45, 7) is 4.15. The maximum Gasteiger partial charge on any atom is 0.244 e. The highest BCUT2D eigenvalue weighted by molar-refractivity contribution is 5.91. The summed E-state index contributed by atoms with van der Waals surface area (Å²) in [4.78, 5) is 19.9. The summed E-state index contributed by atoms with van der Waals surface area (Å²) in [5, 5.41) is 12.1. The lowest BCUT2D eigenvalue weighted by Crippen LogP contribution is -2.19. The van der Waals surface area contributed by atoms with Crippen molar-refractivity contribution in [3.05, 3.63) is 47.8 Å². The molecular weight excluding hydrogens is 268 g/mol. The summed E-state index contributed by atoms with van der Waals surface area (Å²) in [7, 11) is 0. The quantitative estimate of drug-likeness (QED) is 0.810.